The highest BCUT2D eigenvalue weighted by Crippen LogP contribution is 2.29. The van der Waals surface area contributed by atoms with E-state index in [9.17, 15) is 13.7 Å². The molecule has 0 fully saturated rings. The predicted molar refractivity (Wildman–Crippen MR) is 61.9 cm³/mol. The Balaban J connectivity index is 1.98. The van der Waals surface area contributed by atoms with Crippen molar-refractivity contribution in [1.82, 2.24) is 0 Å². The van der Waals surface area contributed by atoms with Crippen molar-refractivity contribution in [2.75, 3.05) is 6.61 Å². The van der Waals surface area contributed by atoms with Gasteiger partial charge in [0.05, 0.1) is 6.61 Å². The molecule has 0 aliphatic carbocycles. The summed E-state index contributed by atoms with van der Waals surface area (Å²) in [6.07, 6.45) is -0.443. The maximum Gasteiger partial charge on any atom is 0.301 e. The van der Waals surface area contributed by atoms with Gasteiger partial charge in [0.2, 0.25) is 0 Å². The van der Waals surface area contributed by atoms with Gasteiger partial charge in [-0.2, -0.15) is 4.21 Å². The number of aliphatic hydroxyl groups excluding tert-OH is 1. The number of ether oxygens (including phenoxy) is 1. The van der Waals surface area contributed by atoms with E-state index in [0.29, 0.717) is 18.6 Å². The van der Waals surface area contributed by atoms with Gasteiger partial charge in [-0.3, -0.25) is 8.74 Å². The molecule has 0 bridgehead atoms. The molecule has 2 N–H and O–H groups in total. The van der Waals surface area contributed by atoms with E-state index in [1.165, 1.54) is 18.2 Å². The first-order valence-electron chi connectivity index (χ1n) is 5.43. The van der Waals surface area contributed by atoms with Gasteiger partial charge >= 0.3 is 11.4 Å². The van der Waals surface area contributed by atoms with Gasteiger partial charge in [-0.15, -0.1) is 0 Å². The molecule has 3 atom stereocenters. The molecule has 0 saturated carbocycles. The summed E-state index contributed by atoms with van der Waals surface area (Å²) in [6, 6.07) is 4.19. The number of hydrogen-bond donors (Lipinski definition) is 2. The van der Waals surface area contributed by atoms with Crippen molar-refractivity contribution in [2.24, 2.45) is 0 Å². The first kappa shape index (κ1) is 13.4. The SMILES string of the molecule is O=S(O)OCC(O)C1CCc2cc(F)ccc2O1. The smallest absolute Gasteiger partial charge is 0.301 e. The second-order valence-electron chi connectivity index (χ2n) is 4.02. The second kappa shape index (κ2) is 5.75. The predicted octanol–water partition coefficient (Wildman–Crippen LogP) is 1.03. The van der Waals surface area contributed by atoms with Crippen LogP contribution in [0.4, 0.5) is 4.39 Å². The summed E-state index contributed by atoms with van der Waals surface area (Å²) in [5, 5.41) is 9.73. The summed E-state index contributed by atoms with van der Waals surface area (Å²) < 4.78 is 41.6. The summed E-state index contributed by atoms with van der Waals surface area (Å²) in [7, 11) is 0. The fourth-order valence-corrected chi connectivity index (χ4v) is 2.14. The molecule has 0 spiro atoms. The molecule has 1 aromatic rings. The van der Waals surface area contributed by atoms with Crippen molar-refractivity contribution < 1.29 is 27.2 Å². The third kappa shape index (κ3) is 3.26. The van der Waals surface area contributed by atoms with Crippen LogP contribution in [-0.2, 0) is 22.0 Å². The van der Waals surface area contributed by atoms with Crippen molar-refractivity contribution in [1.29, 1.82) is 0 Å². The second-order valence-corrected chi connectivity index (χ2v) is 4.69. The Bertz CT molecular complexity index is 453. The molecule has 1 aliphatic heterocycles. The Kier molecular flexibility index (Phi) is 4.28. The van der Waals surface area contributed by atoms with Crippen molar-refractivity contribution in [2.45, 2.75) is 25.0 Å². The van der Waals surface area contributed by atoms with Crippen molar-refractivity contribution >= 4 is 11.4 Å². The summed E-state index contributed by atoms with van der Waals surface area (Å²) in [6.45, 7) is -0.287. The zero-order chi connectivity index (χ0) is 13.1. The quantitative estimate of drug-likeness (QED) is 0.803. The average Bonchev–Trinajstić information content (AvgIpc) is 2.35. The number of hydrogen-bond acceptors (Lipinski definition) is 4. The van der Waals surface area contributed by atoms with Crippen LogP contribution in [-0.4, -0.2) is 32.7 Å². The average molecular weight is 276 g/mol. The van der Waals surface area contributed by atoms with E-state index < -0.39 is 23.6 Å². The van der Waals surface area contributed by atoms with Gasteiger partial charge in [0.15, 0.2) is 0 Å². The standard InChI is InChI=1S/C11H13FO5S/c12-8-2-4-10-7(5-8)1-3-11(17-10)9(13)6-16-18(14)15/h2,4-5,9,11,13H,1,3,6H2,(H,14,15). The molecule has 1 aliphatic rings. The van der Waals surface area contributed by atoms with E-state index >= 15 is 0 Å². The van der Waals surface area contributed by atoms with Gasteiger partial charge in [0, 0.05) is 0 Å². The molecule has 100 valence electrons. The van der Waals surface area contributed by atoms with Gasteiger partial charge in [-0.1, -0.05) is 0 Å². The Morgan fingerprint density at radius 1 is 1.61 bits per heavy atom. The lowest BCUT2D eigenvalue weighted by Gasteiger charge is -2.29. The van der Waals surface area contributed by atoms with Crippen LogP contribution < -0.4 is 4.74 Å². The van der Waals surface area contributed by atoms with Crippen molar-refractivity contribution in [3.63, 3.8) is 0 Å². The zero-order valence-electron chi connectivity index (χ0n) is 9.41. The van der Waals surface area contributed by atoms with Crippen molar-refractivity contribution in [3.05, 3.63) is 29.6 Å². The number of halogens is 1. The van der Waals surface area contributed by atoms with Gasteiger partial charge in [0.1, 0.15) is 23.8 Å². The summed E-state index contributed by atoms with van der Waals surface area (Å²) >= 11 is -2.40. The highest BCUT2D eigenvalue weighted by atomic mass is 32.2. The van der Waals surface area contributed by atoms with Crippen LogP contribution in [0.15, 0.2) is 18.2 Å². The lowest BCUT2D eigenvalue weighted by molar-refractivity contribution is -0.00238. The number of fused-ring (bicyclic) bond motifs is 1. The maximum atomic E-state index is 13.0. The first-order valence-corrected chi connectivity index (χ1v) is 6.46. The molecule has 7 heteroatoms. The Morgan fingerprint density at radius 3 is 3.11 bits per heavy atom. The Labute approximate surface area is 106 Å². The lowest BCUT2D eigenvalue weighted by Crippen LogP contribution is -2.38. The third-order valence-electron chi connectivity index (χ3n) is 2.77. The van der Waals surface area contributed by atoms with E-state index in [1.807, 2.05) is 0 Å². The van der Waals surface area contributed by atoms with Crippen LogP contribution in [0.25, 0.3) is 0 Å². The van der Waals surface area contributed by atoms with E-state index in [1.54, 1.807) is 0 Å². The number of benzene rings is 1. The lowest BCUT2D eigenvalue weighted by atomic mass is 9.99. The molecular weight excluding hydrogens is 263 g/mol. The molecule has 18 heavy (non-hydrogen) atoms. The molecule has 5 nitrogen and oxygen atoms in total. The molecular formula is C11H13FO5S. The number of rotatable bonds is 4. The van der Waals surface area contributed by atoms with Gasteiger partial charge in [0.25, 0.3) is 0 Å². The minimum atomic E-state index is -2.40. The van der Waals surface area contributed by atoms with Gasteiger partial charge in [-0.05, 0) is 36.6 Å². The third-order valence-corrected chi connectivity index (χ3v) is 3.11. The molecule has 0 radical (unpaired) electrons. The fourth-order valence-electron chi connectivity index (χ4n) is 1.88. The van der Waals surface area contributed by atoms with E-state index in [2.05, 4.69) is 4.18 Å². The maximum absolute atomic E-state index is 13.0. The van der Waals surface area contributed by atoms with Crippen molar-refractivity contribution in [3.8, 4) is 5.75 Å². The molecule has 0 saturated heterocycles. The molecule has 3 unspecified atom stereocenters. The van der Waals surface area contributed by atoms with Crippen LogP contribution in [0, 0.1) is 5.82 Å². The van der Waals surface area contributed by atoms with Crippen LogP contribution >= 0.6 is 0 Å². The molecule has 1 aromatic carbocycles. The van der Waals surface area contributed by atoms with Gasteiger partial charge in [-0.25, -0.2) is 4.39 Å². The first-order chi connectivity index (χ1) is 8.56. The number of aliphatic hydroxyl groups is 1. The van der Waals surface area contributed by atoms with E-state index in [4.69, 9.17) is 9.29 Å². The normalized spacial score (nSPS) is 21.8. The summed E-state index contributed by atoms with van der Waals surface area (Å²) in [5.74, 6) is 0.201. The van der Waals surface area contributed by atoms with Crippen LogP contribution in [0.5, 0.6) is 5.75 Å². The molecule has 1 heterocycles. The Morgan fingerprint density at radius 2 is 2.39 bits per heavy atom. The van der Waals surface area contributed by atoms with E-state index in [-0.39, 0.29) is 12.4 Å². The highest BCUT2D eigenvalue weighted by molar-refractivity contribution is 7.74. The molecule has 0 amide bonds. The monoisotopic (exact) mass is 276 g/mol. The zero-order valence-corrected chi connectivity index (χ0v) is 10.2. The molecule has 0 aromatic heterocycles. The Hall–Kier alpha value is -1.02. The van der Waals surface area contributed by atoms with E-state index in [0.717, 1.165) is 5.56 Å². The minimum absolute atomic E-state index is 0.287. The van der Waals surface area contributed by atoms with Crippen LogP contribution in [0.2, 0.25) is 0 Å². The number of aryl methyl sites for hydroxylation is 1. The largest absolute Gasteiger partial charge is 0.487 e. The summed E-state index contributed by atoms with van der Waals surface area (Å²) in [4.78, 5) is 0. The summed E-state index contributed by atoms with van der Waals surface area (Å²) in [5.41, 5.74) is 0.755. The fraction of sp³-hybridized carbons (Fsp3) is 0.455. The van der Waals surface area contributed by atoms with Crippen LogP contribution in [0.3, 0.4) is 0 Å². The topological polar surface area (TPSA) is 76.0 Å². The minimum Gasteiger partial charge on any atom is -0.487 e. The highest BCUT2D eigenvalue weighted by Gasteiger charge is 2.27. The van der Waals surface area contributed by atoms with Crippen LogP contribution in [0.1, 0.15) is 12.0 Å². The van der Waals surface area contributed by atoms with Gasteiger partial charge < -0.3 is 9.84 Å². The molecule has 2 rings (SSSR count).